The normalized spacial score (nSPS) is 22.4. The molecule has 150 valence electrons. The first-order valence-corrected chi connectivity index (χ1v) is 10.7. The van der Waals surface area contributed by atoms with Gasteiger partial charge in [-0.2, -0.15) is 0 Å². The van der Waals surface area contributed by atoms with Gasteiger partial charge >= 0.3 is 5.97 Å². The van der Waals surface area contributed by atoms with E-state index >= 15 is 0 Å². The van der Waals surface area contributed by atoms with Gasteiger partial charge in [0.15, 0.2) is 0 Å². The largest absolute Gasteiger partial charge is 0.478 e. The SMILES string of the molecule is CC1CC2=CC(c3nc4cc(C(=O)O)ccc4n3C3CCCCC3)=CCC2=CN1. The van der Waals surface area contributed by atoms with E-state index in [1.807, 2.05) is 6.07 Å². The minimum atomic E-state index is -0.905. The molecule has 3 aliphatic rings. The fraction of sp³-hybridized carbons (Fsp3) is 0.417. The van der Waals surface area contributed by atoms with Crippen LogP contribution in [0.25, 0.3) is 16.6 Å². The van der Waals surface area contributed by atoms with Gasteiger partial charge < -0.3 is 15.0 Å². The zero-order valence-corrected chi connectivity index (χ0v) is 16.8. The lowest BCUT2D eigenvalue weighted by Crippen LogP contribution is -2.27. The number of nitrogens with zero attached hydrogens (tertiary/aromatic N) is 2. The zero-order chi connectivity index (χ0) is 20.0. The highest BCUT2D eigenvalue weighted by molar-refractivity contribution is 5.93. The summed E-state index contributed by atoms with van der Waals surface area (Å²) in [6.07, 6.45) is 14.8. The molecule has 29 heavy (non-hydrogen) atoms. The molecular weight excluding hydrogens is 362 g/mol. The number of carboxylic acid groups (broad SMARTS) is 1. The second-order valence-electron chi connectivity index (χ2n) is 8.58. The van der Waals surface area contributed by atoms with Crippen molar-refractivity contribution >= 4 is 22.6 Å². The van der Waals surface area contributed by atoms with Gasteiger partial charge in [-0.25, -0.2) is 9.78 Å². The maximum Gasteiger partial charge on any atom is 0.335 e. The van der Waals surface area contributed by atoms with Gasteiger partial charge in [-0.3, -0.25) is 0 Å². The number of carboxylic acids is 1. The summed E-state index contributed by atoms with van der Waals surface area (Å²) in [4.78, 5) is 16.4. The third-order valence-corrected chi connectivity index (χ3v) is 6.49. The van der Waals surface area contributed by atoms with Crippen molar-refractivity contribution in [1.29, 1.82) is 0 Å². The number of rotatable bonds is 3. The molecule has 2 aliphatic carbocycles. The summed E-state index contributed by atoms with van der Waals surface area (Å²) >= 11 is 0. The number of benzene rings is 1. The van der Waals surface area contributed by atoms with Crippen LogP contribution < -0.4 is 5.32 Å². The number of aromatic nitrogens is 2. The lowest BCUT2D eigenvalue weighted by atomic mass is 9.88. The number of hydrogen-bond donors (Lipinski definition) is 2. The molecule has 1 aromatic heterocycles. The van der Waals surface area contributed by atoms with Gasteiger partial charge in [0, 0.05) is 23.9 Å². The van der Waals surface area contributed by atoms with Crippen molar-refractivity contribution in [2.45, 2.75) is 64.0 Å². The highest BCUT2D eigenvalue weighted by Gasteiger charge is 2.25. The Balaban J connectivity index is 1.64. The van der Waals surface area contributed by atoms with Crippen molar-refractivity contribution in [3.05, 3.63) is 59.1 Å². The number of fused-ring (bicyclic) bond motifs is 2. The monoisotopic (exact) mass is 389 g/mol. The van der Waals surface area contributed by atoms with Gasteiger partial charge in [0.2, 0.25) is 0 Å². The second kappa shape index (κ2) is 7.21. The summed E-state index contributed by atoms with van der Waals surface area (Å²) in [6.45, 7) is 2.21. The molecule has 0 amide bonds. The van der Waals surface area contributed by atoms with Crippen molar-refractivity contribution in [2.24, 2.45) is 0 Å². The van der Waals surface area contributed by atoms with E-state index in [2.05, 4.69) is 35.2 Å². The molecule has 1 saturated carbocycles. The lowest BCUT2D eigenvalue weighted by molar-refractivity contribution is 0.0697. The predicted octanol–water partition coefficient (Wildman–Crippen LogP) is 5.22. The Kier molecular flexibility index (Phi) is 4.53. The van der Waals surface area contributed by atoms with Crippen molar-refractivity contribution in [2.75, 3.05) is 0 Å². The molecular formula is C24H27N3O2. The van der Waals surface area contributed by atoms with Gasteiger partial charge in [0.1, 0.15) is 5.82 Å². The average Bonchev–Trinajstić information content (AvgIpc) is 3.12. The maximum atomic E-state index is 11.5. The van der Waals surface area contributed by atoms with E-state index in [9.17, 15) is 9.90 Å². The topological polar surface area (TPSA) is 67.1 Å². The Morgan fingerprint density at radius 2 is 2.03 bits per heavy atom. The fourth-order valence-electron chi connectivity index (χ4n) is 4.96. The molecule has 2 heterocycles. The number of nitrogens with one attached hydrogen (secondary N) is 1. The summed E-state index contributed by atoms with van der Waals surface area (Å²) in [7, 11) is 0. The van der Waals surface area contributed by atoms with Crippen LogP contribution in [0.15, 0.2) is 47.7 Å². The van der Waals surface area contributed by atoms with E-state index in [1.165, 1.54) is 36.0 Å². The predicted molar refractivity (Wildman–Crippen MR) is 115 cm³/mol. The summed E-state index contributed by atoms with van der Waals surface area (Å²) in [5.74, 6) is 0.0883. The minimum absolute atomic E-state index is 0.297. The highest BCUT2D eigenvalue weighted by Crippen LogP contribution is 2.38. The van der Waals surface area contributed by atoms with E-state index < -0.39 is 5.97 Å². The van der Waals surface area contributed by atoms with Gasteiger partial charge in [0.05, 0.1) is 16.6 Å². The molecule has 5 heteroatoms. The van der Waals surface area contributed by atoms with E-state index in [1.54, 1.807) is 12.1 Å². The van der Waals surface area contributed by atoms with E-state index in [0.29, 0.717) is 17.6 Å². The van der Waals surface area contributed by atoms with Crippen LogP contribution in [-0.2, 0) is 0 Å². The molecule has 1 aliphatic heterocycles. The second-order valence-corrected chi connectivity index (χ2v) is 8.58. The molecule has 1 fully saturated rings. The molecule has 1 unspecified atom stereocenters. The van der Waals surface area contributed by atoms with Crippen LogP contribution in [0, 0.1) is 0 Å². The Labute approximate surface area is 170 Å². The Morgan fingerprint density at radius 3 is 2.83 bits per heavy atom. The summed E-state index contributed by atoms with van der Waals surface area (Å²) in [5, 5.41) is 12.8. The van der Waals surface area contributed by atoms with Crippen LogP contribution in [0.5, 0.6) is 0 Å². The highest BCUT2D eigenvalue weighted by atomic mass is 16.4. The van der Waals surface area contributed by atoms with E-state index in [4.69, 9.17) is 4.98 Å². The van der Waals surface area contributed by atoms with Crippen molar-refractivity contribution in [3.63, 3.8) is 0 Å². The van der Waals surface area contributed by atoms with E-state index in [0.717, 1.165) is 42.5 Å². The quantitative estimate of drug-likeness (QED) is 0.755. The van der Waals surface area contributed by atoms with Crippen LogP contribution in [-0.4, -0.2) is 26.7 Å². The Morgan fingerprint density at radius 1 is 1.21 bits per heavy atom. The van der Waals surface area contributed by atoms with Crippen LogP contribution in [0.2, 0.25) is 0 Å². The molecule has 0 bridgehead atoms. The van der Waals surface area contributed by atoms with Gasteiger partial charge in [-0.05, 0) is 68.0 Å². The molecule has 5 rings (SSSR count). The molecule has 0 spiro atoms. The summed E-state index contributed by atoms with van der Waals surface area (Å²) < 4.78 is 2.39. The van der Waals surface area contributed by atoms with Gasteiger partial charge in [-0.1, -0.05) is 25.3 Å². The molecule has 2 aromatic rings. The number of hydrogen-bond acceptors (Lipinski definition) is 3. The summed E-state index contributed by atoms with van der Waals surface area (Å²) in [6, 6.07) is 6.24. The molecule has 5 nitrogen and oxygen atoms in total. The van der Waals surface area contributed by atoms with E-state index in [-0.39, 0.29) is 0 Å². The molecule has 1 atom stereocenters. The summed E-state index contributed by atoms with van der Waals surface area (Å²) in [5.41, 5.74) is 6.05. The Bertz CT molecular complexity index is 1070. The van der Waals surface area contributed by atoms with Gasteiger partial charge in [-0.15, -0.1) is 0 Å². The standard InChI is InChI=1S/C24H27N3O2/c1-15-11-19-12-16(7-8-18(19)14-25-15)23-26-21-13-17(24(28)29)9-10-22(21)27(23)20-5-3-2-4-6-20/h7,9-10,12-15,20,25H,2-6,8,11H2,1H3,(H,28,29). The zero-order valence-electron chi connectivity index (χ0n) is 16.8. The number of allylic oxidation sites excluding steroid dienone is 4. The maximum absolute atomic E-state index is 11.5. The smallest absolute Gasteiger partial charge is 0.335 e. The molecule has 1 aromatic carbocycles. The first-order valence-electron chi connectivity index (χ1n) is 10.7. The van der Waals surface area contributed by atoms with Crippen molar-refractivity contribution < 1.29 is 9.90 Å². The number of imidazole rings is 1. The van der Waals surface area contributed by atoms with Crippen molar-refractivity contribution in [3.8, 4) is 0 Å². The first kappa shape index (κ1) is 18.2. The van der Waals surface area contributed by atoms with Crippen molar-refractivity contribution in [1.82, 2.24) is 14.9 Å². The minimum Gasteiger partial charge on any atom is -0.478 e. The third-order valence-electron chi connectivity index (χ3n) is 6.49. The first-order chi connectivity index (χ1) is 14.1. The number of carbonyl (C=O) groups is 1. The molecule has 0 radical (unpaired) electrons. The molecule has 2 N–H and O–H groups in total. The third kappa shape index (κ3) is 3.28. The van der Waals surface area contributed by atoms with Crippen LogP contribution >= 0.6 is 0 Å². The molecule has 0 saturated heterocycles. The van der Waals surface area contributed by atoms with Crippen LogP contribution in [0.4, 0.5) is 0 Å². The fourth-order valence-corrected chi connectivity index (χ4v) is 4.96. The van der Waals surface area contributed by atoms with Gasteiger partial charge in [0.25, 0.3) is 0 Å². The lowest BCUT2D eigenvalue weighted by Gasteiger charge is -2.28. The van der Waals surface area contributed by atoms with Crippen LogP contribution in [0.1, 0.15) is 74.1 Å². The number of aromatic carboxylic acids is 1. The average molecular weight is 389 g/mol. The Hall–Kier alpha value is -2.82. The van der Waals surface area contributed by atoms with Crippen LogP contribution in [0.3, 0.4) is 0 Å².